The van der Waals surface area contributed by atoms with E-state index in [1.807, 2.05) is 42.5 Å². The van der Waals surface area contributed by atoms with Crippen LogP contribution in [-0.2, 0) is 9.63 Å². The molecule has 0 bridgehead atoms. The monoisotopic (exact) mass is 317 g/mol. The molecule has 120 valence electrons. The molecule has 0 aliphatic carbocycles. The maximum absolute atomic E-state index is 11.9. The summed E-state index contributed by atoms with van der Waals surface area (Å²) in [7, 11) is 0. The van der Waals surface area contributed by atoms with Gasteiger partial charge in [-0.25, -0.2) is 4.79 Å². The summed E-state index contributed by atoms with van der Waals surface area (Å²) in [5, 5.41) is 3.91. The number of allylic oxidation sites excluding steroid dienone is 2. The van der Waals surface area contributed by atoms with Gasteiger partial charge in [0, 0.05) is 5.56 Å². The Morgan fingerprint density at radius 1 is 1.00 bits per heavy atom. The van der Waals surface area contributed by atoms with Crippen LogP contribution < -0.4 is 0 Å². The maximum atomic E-state index is 11.9. The van der Waals surface area contributed by atoms with Gasteiger partial charge in [0.2, 0.25) is 0 Å². The first kappa shape index (κ1) is 15.9. The van der Waals surface area contributed by atoms with E-state index in [2.05, 4.69) is 38.1 Å². The molecule has 1 aliphatic rings. The fourth-order valence-corrected chi connectivity index (χ4v) is 2.93. The molecule has 0 atom stereocenters. The van der Waals surface area contributed by atoms with Crippen LogP contribution in [0.1, 0.15) is 27.8 Å². The molecule has 3 nitrogen and oxygen atoms in total. The molecule has 0 fully saturated rings. The van der Waals surface area contributed by atoms with Gasteiger partial charge in [-0.3, -0.25) is 0 Å². The van der Waals surface area contributed by atoms with Crippen LogP contribution in [0.5, 0.6) is 0 Å². The third kappa shape index (κ3) is 3.20. The molecule has 24 heavy (non-hydrogen) atoms. The number of hydrogen-bond donors (Lipinski definition) is 0. The standard InChI is InChI=1S/C21H19NO2/c1-14-12-15(2)18(16(3)13-14)10-7-11-19-20(22-24-21(19)23)17-8-5-4-6-9-17/h4-13H,1-3H3/b10-7+,19-11+. The molecule has 1 aliphatic heterocycles. The first-order valence-electron chi connectivity index (χ1n) is 7.87. The Morgan fingerprint density at radius 2 is 1.67 bits per heavy atom. The highest BCUT2D eigenvalue weighted by Gasteiger charge is 2.25. The average molecular weight is 317 g/mol. The van der Waals surface area contributed by atoms with Crippen molar-refractivity contribution in [1.82, 2.24) is 0 Å². The van der Waals surface area contributed by atoms with Crippen molar-refractivity contribution < 1.29 is 9.63 Å². The largest absolute Gasteiger partial charge is 0.368 e. The Bertz CT molecular complexity index is 851. The van der Waals surface area contributed by atoms with E-state index in [0.717, 1.165) is 5.56 Å². The molecule has 0 amide bonds. The molecular formula is C21H19NO2. The number of aryl methyl sites for hydroxylation is 3. The number of carbonyl (C=O) groups excluding carboxylic acids is 1. The summed E-state index contributed by atoms with van der Waals surface area (Å²) in [5.74, 6) is -0.421. The van der Waals surface area contributed by atoms with E-state index in [4.69, 9.17) is 4.84 Å². The van der Waals surface area contributed by atoms with E-state index in [-0.39, 0.29) is 0 Å². The zero-order valence-electron chi connectivity index (χ0n) is 14.0. The van der Waals surface area contributed by atoms with Crippen LogP contribution in [0, 0.1) is 20.8 Å². The van der Waals surface area contributed by atoms with Crippen molar-refractivity contribution in [2.75, 3.05) is 0 Å². The third-order valence-corrected chi connectivity index (χ3v) is 4.01. The number of hydrogen-bond acceptors (Lipinski definition) is 3. The summed E-state index contributed by atoms with van der Waals surface area (Å²) in [5.41, 5.74) is 6.76. The Balaban J connectivity index is 1.91. The van der Waals surface area contributed by atoms with Crippen molar-refractivity contribution in [2.45, 2.75) is 20.8 Å². The quantitative estimate of drug-likeness (QED) is 0.617. The lowest BCUT2D eigenvalue weighted by atomic mass is 9.99. The SMILES string of the molecule is Cc1cc(C)c(/C=C/C=C2/C(=O)ON=C2c2ccccc2)c(C)c1. The van der Waals surface area contributed by atoms with Gasteiger partial charge in [-0.05, 0) is 43.5 Å². The summed E-state index contributed by atoms with van der Waals surface area (Å²) < 4.78 is 0. The molecule has 2 aromatic rings. The molecule has 0 aromatic heterocycles. The molecule has 0 radical (unpaired) electrons. The summed E-state index contributed by atoms with van der Waals surface area (Å²) in [6.07, 6.45) is 5.66. The van der Waals surface area contributed by atoms with Gasteiger partial charge in [0.25, 0.3) is 0 Å². The van der Waals surface area contributed by atoms with E-state index in [0.29, 0.717) is 11.3 Å². The number of carbonyl (C=O) groups is 1. The van der Waals surface area contributed by atoms with Gasteiger partial charge in [0.15, 0.2) is 0 Å². The van der Waals surface area contributed by atoms with Crippen LogP contribution >= 0.6 is 0 Å². The predicted octanol–water partition coefficient (Wildman–Crippen LogP) is 4.51. The molecule has 0 unspecified atom stereocenters. The second kappa shape index (κ2) is 6.67. The molecule has 0 saturated heterocycles. The van der Waals surface area contributed by atoms with Gasteiger partial charge in [-0.1, -0.05) is 65.3 Å². The van der Waals surface area contributed by atoms with Crippen LogP contribution in [0.15, 0.2) is 65.3 Å². The zero-order valence-corrected chi connectivity index (χ0v) is 14.0. The van der Waals surface area contributed by atoms with Crippen molar-refractivity contribution in [3.63, 3.8) is 0 Å². The fourth-order valence-electron chi connectivity index (χ4n) is 2.93. The van der Waals surface area contributed by atoms with Gasteiger partial charge in [-0.2, -0.15) is 0 Å². The Kier molecular flexibility index (Phi) is 4.43. The Labute approximate surface area is 142 Å². The maximum Gasteiger partial charge on any atom is 0.368 e. The lowest BCUT2D eigenvalue weighted by molar-refractivity contribution is -0.136. The molecule has 0 spiro atoms. The highest BCUT2D eigenvalue weighted by atomic mass is 16.7. The molecule has 2 aromatic carbocycles. The van der Waals surface area contributed by atoms with Crippen LogP contribution in [0.3, 0.4) is 0 Å². The van der Waals surface area contributed by atoms with E-state index in [1.165, 1.54) is 22.3 Å². The lowest BCUT2D eigenvalue weighted by Gasteiger charge is -2.06. The highest BCUT2D eigenvalue weighted by molar-refractivity contribution is 6.29. The molecule has 0 N–H and O–H groups in total. The van der Waals surface area contributed by atoms with Crippen molar-refractivity contribution in [3.05, 3.63) is 88.0 Å². The summed E-state index contributed by atoms with van der Waals surface area (Å²) in [6, 6.07) is 13.9. The summed E-state index contributed by atoms with van der Waals surface area (Å²) in [4.78, 5) is 16.8. The van der Waals surface area contributed by atoms with E-state index in [1.54, 1.807) is 6.08 Å². The van der Waals surface area contributed by atoms with Crippen LogP contribution in [-0.4, -0.2) is 11.7 Å². The van der Waals surface area contributed by atoms with Crippen molar-refractivity contribution in [3.8, 4) is 0 Å². The van der Waals surface area contributed by atoms with Gasteiger partial charge in [-0.15, -0.1) is 0 Å². The Hall–Kier alpha value is -2.94. The summed E-state index contributed by atoms with van der Waals surface area (Å²) >= 11 is 0. The first-order valence-corrected chi connectivity index (χ1v) is 7.87. The minimum Gasteiger partial charge on any atom is -0.312 e. The van der Waals surface area contributed by atoms with Crippen LogP contribution in [0.4, 0.5) is 0 Å². The topological polar surface area (TPSA) is 38.7 Å². The minimum atomic E-state index is -0.421. The number of nitrogens with zero attached hydrogens (tertiary/aromatic N) is 1. The molecular weight excluding hydrogens is 298 g/mol. The fraction of sp³-hybridized carbons (Fsp3) is 0.143. The van der Waals surface area contributed by atoms with Crippen molar-refractivity contribution in [1.29, 1.82) is 0 Å². The predicted molar refractivity (Wildman–Crippen MR) is 96.8 cm³/mol. The zero-order chi connectivity index (χ0) is 17.1. The third-order valence-electron chi connectivity index (χ3n) is 4.01. The van der Waals surface area contributed by atoms with Crippen LogP contribution in [0.2, 0.25) is 0 Å². The van der Waals surface area contributed by atoms with Gasteiger partial charge >= 0.3 is 5.97 Å². The van der Waals surface area contributed by atoms with Crippen LogP contribution in [0.25, 0.3) is 6.08 Å². The summed E-state index contributed by atoms with van der Waals surface area (Å²) in [6.45, 7) is 6.27. The van der Waals surface area contributed by atoms with Gasteiger partial charge < -0.3 is 4.84 Å². The molecule has 3 heteroatoms. The number of benzene rings is 2. The van der Waals surface area contributed by atoms with E-state index < -0.39 is 5.97 Å². The second-order valence-corrected chi connectivity index (χ2v) is 5.94. The average Bonchev–Trinajstić information content (AvgIpc) is 2.92. The minimum absolute atomic E-state index is 0.421. The van der Waals surface area contributed by atoms with Crippen molar-refractivity contribution >= 4 is 17.8 Å². The smallest absolute Gasteiger partial charge is 0.312 e. The Morgan fingerprint density at radius 3 is 2.33 bits per heavy atom. The normalized spacial score (nSPS) is 15.9. The van der Waals surface area contributed by atoms with Gasteiger partial charge in [0.1, 0.15) is 5.71 Å². The van der Waals surface area contributed by atoms with Crippen molar-refractivity contribution in [2.24, 2.45) is 5.16 Å². The highest BCUT2D eigenvalue weighted by Crippen LogP contribution is 2.20. The lowest BCUT2D eigenvalue weighted by Crippen LogP contribution is -2.06. The van der Waals surface area contributed by atoms with E-state index >= 15 is 0 Å². The van der Waals surface area contributed by atoms with E-state index in [9.17, 15) is 4.79 Å². The molecule has 1 heterocycles. The first-order chi connectivity index (χ1) is 11.6. The van der Waals surface area contributed by atoms with Gasteiger partial charge in [0.05, 0.1) is 5.57 Å². The molecule has 0 saturated carbocycles. The second-order valence-electron chi connectivity index (χ2n) is 5.94. The molecule has 3 rings (SSSR count). The number of oxime groups is 1. The number of rotatable bonds is 3.